The number of H-pyrrole nitrogens is 1. The molecule has 1 aromatic heterocycles. The fourth-order valence-electron chi connectivity index (χ4n) is 2.67. The molecule has 0 aliphatic carbocycles. The molecule has 104 valence electrons. The molecule has 1 N–H and O–H groups in total. The van der Waals surface area contributed by atoms with E-state index in [0.29, 0.717) is 5.82 Å². The molecule has 0 radical (unpaired) electrons. The van der Waals surface area contributed by atoms with Gasteiger partial charge in [0, 0.05) is 18.2 Å². The van der Waals surface area contributed by atoms with E-state index in [1.54, 1.807) is 6.07 Å². The standard InChI is InChI=1S/C16H19N3O/c20-15-11-14(12-19-9-5-2-6-10-19)17-16(18-15)13-7-3-1-4-8-13/h1,3-4,7-8,11H,2,5-6,9-10,12H2,(H,17,18,20). The molecule has 20 heavy (non-hydrogen) atoms. The third kappa shape index (κ3) is 3.14. The highest BCUT2D eigenvalue weighted by molar-refractivity contribution is 5.54. The summed E-state index contributed by atoms with van der Waals surface area (Å²) < 4.78 is 0. The number of aromatic nitrogens is 2. The summed E-state index contributed by atoms with van der Waals surface area (Å²) in [6, 6.07) is 11.4. The number of hydrogen-bond acceptors (Lipinski definition) is 3. The fraction of sp³-hybridized carbons (Fsp3) is 0.375. The lowest BCUT2D eigenvalue weighted by atomic mass is 10.1. The van der Waals surface area contributed by atoms with Gasteiger partial charge >= 0.3 is 0 Å². The van der Waals surface area contributed by atoms with E-state index in [4.69, 9.17) is 0 Å². The summed E-state index contributed by atoms with van der Waals surface area (Å²) in [7, 11) is 0. The minimum atomic E-state index is -0.0779. The Morgan fingerprint density at radius 1 is 1.10 bits per heavy atom. The summed E-state index contributed by atoms with van der Waals surface area (Å²) in [5.74, 6) is 0.658. The Bertz CT molecular complexity index is 615. The highest BCUT2D eigenvalue weighted by Gasteiger charge is 2.12. The van der Waals surface area contributed by atoms with Gasteiger partial charge < -0.3 is 4.98 Å². The third-order valence-electron chi connectivity index (χ3n) is 3.68. The zero-order chi connectivity index (χ0) is 13.8. The molecule has 2 heterocycles. The molecular formula is C16H19N3O. The van der Waals surface area contributed by atoms with Crippen LogP contribution in [0, 0.1) is 0 Å². The van der Waals surface area contributed by atoms with E-state index in [1.165, 1.54) is 19.3 Å². The molecule has 0 bridgehead atoms. The number of hydrogen-bond donors (Lipinski definition) is 1. The predicted octanol–water partition coefficient (Wildman–Crippen LogP) is 2.42. The molecule has 1 aliphatic heterocycles. The zero-order valence-electron chi connectivity index (χ0n) is 11.5. The molecule has 0 amide bonds. The average molecular weight is 269 g/mol. The number of likely N-dealkylation sites (tertiary alicyclic amines) is 1. The molecule has 4 nitrogen and oxygen atoms in total. The van der Waals surface area contributed by atoms with Gasteiger partial charge in [0.1, 0.15) is 5.82 Å². The zero-order valence-corrected chi connectivity index (χ0v) is 11.5. The maximum absolute atomic E-state index is 11.8. The third-order valence-corrected chi connectivity index (χ3v) is 3.68. The van der Waals surface area contributed by atoms with E-state index < -0.39 is 0 Å². The second kappa shape index (κ2) is 6.01. The number of piperidine rings is 1. The van der Waals surface area contributed by atoms with Gasteiger partial charge in [0.05, 0.1) is 5.69 Å². The van der Waals surface area contributed by atoms with Gasteiger partial charge in [-0.15, -0.1) is 0 Å². The molecular weight excluding hydrogens is 250 g/mol. The highest BCUT2D eigenvalue weighted by atomic mass is 16.1. The van der Waals surface area contributed by atoms with Crippen LogP contribution >= 0.6 is 0 Å². The summed E-state index contributed by atoms with van der Waals surface area (Å²) in [5.41, 5.74) is 1.73. The first kappa shape index (κ1) is 13.1. The van der Waals surface area contributed by atoms with Gasteiger partial charge in [0.25, 0.3) is 5.56 Å². The highest BCUT2D eigenvalue weighted by Crippen LogP contribution is 2.15. The molecule has 0 atom stereocenters. The Morgan fingerprint density at radius 2 is 1.85 bits per heavy atom. The predicted molar refractivity (Wildman–Crippen MR) is 79.4 cm³/mol. The molecule has 0 saturated carbocycles. The van der Waals surface area contributed by atoms with Crippen molar-refractivity contribution < 1.29 is 0 Å². The fourth-order valence-corrected chi connectivity index (χ4v) is 2.67. The van der Waals surface area contributed by atoms with Crippen LogP contribution in [0.3, 0.4) is 0 Å². The Morgan fingerprint density at radius 3 is 2.60 bits per heavy atom. The topological polar surface area (TPSA) is 49.0 Å². The van der Waals surface area contributed by atoms with E-state index in [1.807, 2.05) is 30.3 Å². The first-order valence-corrected chi connectivity index (χ1v) is 7.19. The number of benzene rings is 1. The normalized spacial score (nSPS) is 16.2. The van der Waals surface area contributed by atoms with Crippen LogP contribution in [-0.4, -0.2) is 28.0 Å². The van der Waals surface area contributed by atoms with Crippen molar-refractivity contribution in [1.82, 2.24) is 14.9 Å². The summed E-state index contributed by atoms with van der Waals surface area (Å²) in [4.78, 5) is 21.6. The molecule has 4 heteroatoms. The number of nitrogens with zero attached hydrogens (tertiary/aromatic N) is 2. The van der Waals surface area contributed by atoms with Crippen molar-refractivity contribution in [2.45, 2.75) is 25.8 Å². The summed E-state index contributed by atoms with van der Waals surface area (Å²) in [6.07, 6.45) is 3.80. The Balaban J connectivity index is 1.85. The van der Waals surface area contributed by atoms with Crippen LogP contribution in [0.2, 0.25) is 0 Å². The lowest BCUT2D eigenvalue weighted by molar-refractivity contribution is 0.218. The van der Waals surface area contributed by atoms with Gasteiger partial charge in [-0.05, 0) is 25.9 Å². The van der Waals surface area contributed by atoms with E-state index >= 15 is 0 Å². The SMILES string of the molecule is O=c1cc(CN2CCCCC2)nc(-c2ccccc2)[nH]1. The van der Waals surface area contributed by atoms with Crippen molar-refractivity contribution >= 4 is 0 Å². The lowest BCUT2D eigenvalue weighted by Gasteiger charge is -2.25. The van der Waals surface area contributed by atoms with Crippen molar-refractivity contribution in [2.24, 2.45) is 0 Å². The molecule has 1 saturated heterocycles. The summed E-state index contributed by atoms with van der Waals surface area (Å²) in [6.45, 7) is 2.98. The number of nitrogens with one attached hydrogen (secondary N) is 1. The van der Waals surface area contributed by atoms with Crippen LogP contribution in [-0.2, 0) is 6.54 Å². The van der Waals surface area contributed by atoms with Gasteiger partial charge in [-0.25, -0.2) is 4.98 Å². The van der Waals surface area contributed by atoms with Crippen molar-refractivity contribution in [2.75, 3.05) is 13.1 Å². The van der Waals surface area contributed by atoms with E-state index in [-0.39, 0.29) is 5.56 Å². The molecule has 1 aromatic carbocycles. The first-order valence-electron chi connectivity index (χ1n) is 7.19. The van der Waals surface area contributed by atoms with Gasteiger partial charge in [0.2, 0.25) is 0 Å². The van der Waals surface area contributed by atoms with Crippen LogP contribution in [0.4, 0.5) is 0 Å². The Kier molecular flexibility index (Phi) is 3.92. The van der Waals surface area contributed by atoms with Crippen molar-refractivity contribution in [3.05, 3.63) is 52.4 Å². The molecule has 1 fully saturated rings. The van der Waals surface area contributed by atoms with E-state index in [0.717, 1.165) is 30.9 Å². The molecule has 0 spiro atoms. The number of rotatable bonds is 3. The van der Waals surface area contributed by atoms with Gasteiger partial charge in [-0.3, -0.25) is 9.69 Å². The second-order valence-electron chi connectivity index (χ2n) is 5.29. The minimum Gasteiger partial charge on any atom is -0.307 e. The van der Waals surface area contributed by atoms with Crippen molar-refractivity contribution in [3.63, 3.8) is 0 Å². The quantitative estimate of drug-likeness (QED) is 0.931. The van der Waals surface area contributed by atoms with Gasteiger partial charge in [-0.1, -0.05) is 36.8 Å². The Labute approximate surface area is 118 Å². The van der Waals surface area contributed by atoms with Gasteiger partial charge in [0.15, 0.2) is 0 Å². The molecule has 1 aliphatic rings. The first-order chi connectivity index (χ1) is 9.81. The van der Waals surface area contributed by atoms with Crippen LogP contribution in [0.25, 0.3) is 11.4 Å². The van der Waals surface area contributed by atoms with Crippen LogP contribution in [0.1, 0.15) is 25.0 Å². The Hall–Kier alpha value is -1.94. The summed E-state index contributed by atoms with van der Waals surface area (Å²) in [5, 5.41) is 0. The maximum atomic E-state index is 11.8. The van der Waals surface area contributed by atoms with E-state index in [2.05, 4.69) is 14.9 Å². The van der Waals surface area contributed by atoms with Crippen LogP contribution < -0.4 is 5.56 Å². The average Bonchev–Trinajstić information content (AvgIpc) is 2.49. The molecule has 0 unspecified atom stereocenters. The second-order valence-corrected chi connectivity index (χ2v) is 5.29. The minimum absolute atomic E-state index is 0.0779. The van der Waals surface area contributed by atoms with Gasteiger partial charge in [-0.2, -0.15) is 0 Å². The molecule has 2 aromatic rings. The summed E-state index contributed by atoms with van der Waals surface area (Å²) >= 11 is 0. The van der Waals surface area contributed by atoms with Crippen LogP contribution in [0.15, 0.2) is 41.2 Å². The van der Waals surface area contributed by atoms with E-state index in [9.17, 15) is 4.79 Å². The monoisotopic (exact) mass is 269 g/mol. The largest absolute Gasteiger partial charge is 0.307 e. The lowest BCUT2D eigenvalue weighted by Crippen LogP contribution is -2.30. The van der Waals surface area contributed by atoms with Crippen molar-refractivity contribution in [3.8, 4) is 11.4 Å². The van der Waals surface area contributed by atoms with Crippen molar-refractivity contribution in [1.29, 1.82) is 0 Å². The van der Waals surface area contributed by atoms with Crippen LogP contribution in [0.5, 0.6) is 0 Å². The molecule has 3 rings (SSSR count). The maximum Gasteiger partial charge on any atom is 0.251 e. The smallest absolute Gasteiger partial charge is 0.251 e. The number of aromatic amines is 1.